The number of hydrogen-bond acceptors (Lipinski definition) is 5. The van der Waals surface area contributed by atoms with E-state index >= 15 is 0 Å². The van der Waals surface area contributed by atoms with Gasteiger partial charge in [0.15, 0.2) is 0 Å². The molecular formula is C12H8ClN5O3. The van der Waals surface area contributed by atoms with Crippen LogP contribution in [0.3, 0.4) is 0 Å². The summed E-state index contributed by atoms with van der Waals surface area (Å²) in [5.74, 6) is -0.430. The van der Waals surface area contributed by atoms with E-state index in [0.717, 1.165) is 6.07 Å². The Labute approximate surface area is 123 Å². The molecular weight excluding hydrogens is 298 g/mol. The fraction of sp³-hybridized carbons (Fsp3) is 0.0833. The summed E-state index contributed by atoms with van der Waals surface area (Å²) in [7, 11) is 0. The van der Waals surface area contributed by atoms with Crippen LogP contribution in [0.5, 0.6) is 0 Å². The lowest BCUT2D eigenvalue weighted by Gasteiger charge is -2.07. The Morgan fingerprint density at radius 2 is 2.33 bits per heavy atom. The second-order valence-corrected chi connectivity index (χ2v) is 4.44. The maximum absolute atomic E-state index is 11.8. The molecule has 0 atom stereocenters. The highest BCUT2D eigenvalue weighted by Gasteiger charge is 2.13. The first-order valence-electron chi connectivity index (χ1n) is 5.66. The topological polar surface area (TPSA) is 114 Å². The monoisotopic (exact) mass is 305 g/mol. The number of benzene rings is 1. The highest BCUT2D eigenvalue weighted by atomic mass is 35.5. The molecule has 0 spiro atoms. The van der Waals surface area contributed by atoms with E-state index in [2.05, 4.69) is 10.4 Å². The summed E-state index contributed by atoms with van der Waals surface area (Å²) in [5, 5.41) is 26.3. The molecule has 2 aromatic rings. The van der Waals surface area contributed by atoms with Crippen LogP contribution in [0.25, 0.3) is 0 Å². The lowest BCUT2D eigenvalue weighted by molar-refractivity contribution is -0.384. The number of nitrogens with zero attached hydrogens (tertiary/aromatic N) is 4. The van der Waals surface area contributed by atoms with Crippen molar-refractivity contribution in [3.8, 4) is 6.07 Å². The molecule has 1 aromatic heterocycles. The number of halogens is 1. The van der Waals surface area contributed by atoms with Crippen LogP contribution in [0.1, 0.15) is 5.56 Å². The third kappa shape index (κ3) is 3.55. The zero-order chi connectivity index (χ0) is 15.4. The number of rotatable bonds is 4. The molecule has 0 aliphatic heterocycles. The van der Waals surface area contributed by atoms with Gasteiger partial charge >= 0.3 is 0 Å². The second kappa shape index (κ2) is 6.02. The summed E-state index contributed by atoms with van der Waals surface area (Å²) in [5.41, 5.74) is -0.00851. The zero-order valence-corrected chi connectivity index (χ0v) is 11.2. The Morgan fingerprint density at radius 1 is 1.57 bits per heavy atom. The first-order chi connectivity index (χ1) is 9.99. The van der Waals surface area contributed by atoms with Crippen molar-refractivity contribution in [2.45, 2.75) is 6.54 Å². The van der Waals surface area contributed by atoms with Gasteiger partial charge in [-0.3, -0.25) is 19.6 Å². The number of hydrogen-bond donors (Lipinski definition) is 1. The molecule has 0 unspecified atom stereocenters. The average Bonchev–Trinajstić information content (AvgIpc) is 2.84. The van der Waals surface area contributed by atoms with Gasteiger partial charge in [0.05, 0.1) is 27.4 Å². The first-order valence-corrected chi connectivity index (χ1v) is 6.03. The van der Waals surface area contributed by atoms with Gasteiger partial charge in [0, 0.05) is 18.3 Å². The van der Waals surface area contributed by atoms with Gasteiger partial charge in [-0.05, 0) is 6.07 Å². The van der Waals surface area contributed by atoms with E-state index in [1.54, 1.807) is 6.07 Å². The molecule has 0 aliphatic rings. The Hall–Kier alpha value is -2.92. The van der Waals surface area contributed by atoms with Gasteiger partial charge in [-0.1, -0.05) is 11.6 Å². The van der Waals surface area contributed by atoms with E-state index in [-0.39, 0.29) is 23.5 Å². The van der Waals surface area contributed by atoms with E-state index < -0.39 is 10.8 Å². The van der Waals surface area contributed by atoms with Crippen molar-refractivity contribution in [1.29, 1.82) is 5.26 Å². The van der Waals surface area contributed by atoms with E-state index in [1.807, 2.05) is 0 Å². The molecule has 1 aromatic carbocycles. The fourth-order valence-corrected chi connectivity index (χ4v) is 1.77. The molecule has 106 valence electrons. The summed E-state index contributed by atoms with van der Waals surface area (Å²) < 4.78 is 1.33. The van der Waals surface area contributed by atoms with Crippen molar-refractivity contribution in [3.63, 3.8) is 0 Å². The standard InChI is InChI=1S/C12H8ClN5O3/c13-9-5-15-17(6-9)7-12(19)16-11-2-1-10(18(20)21)3-8(11)4-14/h1-3,5-6H,7H2,(H,16,19). The molecule has 1 heterocycles. The van der Waals surface area contributed by atoms with Crippen LogP contribution < -0.4 is 5.32 Å². The smallest absolute Gasteiger partial charge is 0.270 e. The van der Waals surface area contributed by atoms with Gasteiger partial charge in [0.1, 0.15) is 12.6 Å². The number of anilines is 1. The number of non-ortho nitro benzene ring substituents is 1. The van der Waals surface area contributed by atoms with Crippen LogP contribution in [0.2, 0.25) is 5.02 Å². The van der Waals surface area contributed by atoms with Crippen molar-refractivity contribution in [2.24, 2.45) is 0 Å². The predicted octanol–water partition coefficient (Wildman–Crippen LogP) is 1.96. The second-order valence-electron chi connectivity index (χ2n) is 4.00. The van der Waals surface area contributed by atoms with E-state index in [9.17, 15) is 14.9 Å². The van der Waals surface area contributed by atoms with Crippen molar-refractivity contribution in [2.75, 3.05) is 5.32 Å². The molecule has 8 nitrogen and oxygen atoms in total. The van der Waals surface area contributed by atoms with Gasteiger partial charge in [0.2, 0.25) is 5.91 Å². The van der Waals surface area contributed by atoms with Gasteiger partial charge < -0.3 is 5.32 Å². The van der Waals surface area contributed by atoms with Gasteiger partial charge in [-0.2, -0.15) is 10.4 Å². The highest BCUT2D eigenvalue weighted by molar-refractivity contribution is 6.30. The number of nitro groups is 1. The number of nitrogens with one attached hydrogen (secondary N) is 1. The number of carbonyl (C=O) groups is 1. The summed E-state index contributed by atoms with van der Waals surface area (Å²) in [6.07, 6.45) is 2.86. The van der Waals surface area contributed by atoms with E-state index in [1.165, 1.54) is 29.2 Å². The van der Waals surface area contributed by atoms with E-state index in [4.69, 9.17) is 16.9 Å². The Balaban J connectivity index is 2.14. The maximum atomic E-state index is 11.8. The summed E-state index contributed by atoms with van der Waals surface area (Å²) in [6, 6.07) is 5.42. The fourth-order valence-electron chi connectivity index (χ4n) is 1.61. The molecule has 0 aliphatic carbocycles. The number of carbonyl (C=O) groups excluding carboxylic acids is 1. The summed E-state index contributed by atoms with van der Waals surface area (Å²) >= 11 is 5.68. The molecule has 9 heteroatoms. The summed E-state index contributed by atoms with van der Waals surface area (Å²) in [4.78, 5) is 21.8. The predicted molar refractivity (Wildman–Crippen MR) is 73.7 cm³/mol. The van der Waals surface area contributed by atoms with Gasteiger partial charge in [0.25, 0.3) is 5.69 Å². The molecule has 0 saturated carbocycles. The SMILES string of the molecule is N#Cc1cc([N+](=O)[O-])ccc1NC(=O)Cn1cc(Cl)cn1. The molecule has 21 heavy (non-hydrogen) atoms. The number of nitro benzene ring substituents is 1. The quantitative estimate of drug-likeness (QED) is 0.685. The number of aromatic nitrogens is 2. The summed E-state index contributed by atoms with van der Waals surface area (Å²) in [6.45, 7) is -0.0887. The molecule has 0 radical (unpaired) electrons. The lowest BCUT2D eigenvalue weighted by atomic mass is 10.1. The molecule has 0 fully saturated rings. The van der Waals surface area contributed by atoms with Crippen molar-refractivity contribution < 1.29 is 9.72 Å². The van der Waals surface area contributed by atoms with Crippen LogP contribution in [-0.4, -0.2) is 20.6 Å². The maximum Gasteiger partial charge on any atom is 0.270 e. The van der Waals surface area contributed by atoms with Crippen LogP contribution in [0.4, 0.5) is 11.4 Å². The lowest BCUT2D eigenvalue weighted by Crippen LogP contribution is -2.19. The minimum Gasteiger partial charge on any atom is -0.323 e. The first kappa shape index (κ1) is 14.5. The minimum absolute atomic E-state index is 0.0102. The van der Waals surface area contributed by atoms with Crippen molar-refractivity contribution in [1.82, 2.24) is 9.78 Å². The normalized spacial score (nSPS) is 9.90. The molecule has 1 amide bonds. The van der Waals surface area contributed by atoms with E-state index in [0.29, 0.717) is 5.02 Å². The van der Waals surface area contributed by atoms with Crippen LogP contribution in [-0.2, 0) is 11.3 Å². The number of amides is 1. The Morgan fingerprint density at radius 3 is 2.90 bits per heavy atom. The zero-order valence-electron chi connectivity index (χ0n) is 10.5. The molecule has 0 saturated heterocycles. The van der Waals surface area contributed by atoms with Crippen molar-refractivity contribution >= 4 is 28.9 Å². The van der Waals surface area contributed by atoms with Crippen LogP contribution >= 0.6 is 11.6 Å². The largest absolute Gasteiger partial charge is 0.323 e. The Bertz CT molecular complexity index is 750. The molecule has 0 bridgehead atoms. The number of nitriles is 1. The third-order valence-corrected chi connectivity index (χ3v) is 2.71. The Kier molecular flexibility index (Phi) is 4.15. The van der Waals surface area contributed by atoms with Crippen LogP contribution in [0, 0.1) is 21.4 Å². The highest BCUT2D eigenvalue weighted by Crippen LogP contribution is 2.21. The van der Waals surface area contributed by atoms with Gasteiger partial charge in [-0.25, -0.2) is 0 Å². The molecule has 2 rings (SSSR count). The average molecular weight is 306 g/mol. The van der Waals surface area contributed by atoms with Gasteiger partial charge in [-0.15, -0.1) is 0 Å². The minimum atomic E-state index is -0.613. The molecule has 1 N–H and O–H groups in total. The third-order valence-electron chi connectivity index (χ3n) is 2.52. The van der Waals surface area contributed by atoms with Crippen molar-refractivity contribution in [3.05, 3.63) is 51.3 Å². The van der Waals surface area contributed by atoms with Crippen LogP contribution in [0.15, 0.2) is 30.6 Å².